The van der Waals surface area contributed by atoms with Crippen LogP contribution in [0.1, 0.15) is 57.2 Å². The van der Waals surface area contributed by atoms with Crippen molar-refractivity contribution in [3.05, 3.63) is 28.8 Å². The Morgan fingerprint density at radius 2 is 1.78 bits per heavy atom. The van der Waals surface area contributed by atoms with Crippen LogP contribution in [0.15, 0.2) is 12.1 Å². The second kappa shape index (κ2) is 5.77. The highest BCUT2D eigenvalue weighted by molar-refractivity contribution is 5.42. The molecule has 0 bridgehead atoms. The summed E-state index contributed by atoms with van der Waals surface area (Å²) >= 11 is 0. The van der Waals surface area contributed by atoms with Crippen LogP contribution >= 0.6 is 0 Å². The molecular weight excluding hydrogens is 220 g/mol. The molecular formula is C17H28O. The van der Waals surface area contributed by atoms with Gasteiger partial charge in [-0.15, -0.1) is 0 Å². The van der Waals surface area contributed by atoms with Crippen molar-refractivity contribution >= 4 is 0 Å². The molecule has 0 spiro atoms. The lowest BCUT2D eigenvalue weighted by atomic mass is 9.79. The van der Waals surface area contributed by atoms with Gasteiger partial charge in [-0.25, -0.2) is 0 Å². The highest BCUT2D eigenvalue weighted by atomic mass is 16.3. The molecule has 1 nitrogen and oxygen atoms in total. The Hall–Kier alpha value is -0.980. The quantitative estimate of drug-likeness (QED) is 0.776. The van der Waals surface area contributed by atoms with E-state index in [2.05, 4.69) is 40.7 Å². The topological polar surface area (TPSA) is 20.2 Å². The van der Waals surface area contributed by atoms with Crippen LogP contribution in [0.3, 0.4) is 0 Å². The molecule has 0 unspecified atom stereocenters. The van der Waals surface area contributed by atoms with Crippen LogP contribution in [-0.4, -0.2) is 5.11 Å². The van der Waals surface area contributed by atoms with Crippen LogP contribution < -0.4 is 0 Å². The Kier molecular flexibility index (Phi) is 4.84. The Bertz CT molecular complexity index is 402. The smallest absolute Gasteiger partial charge is 0.121 e. The fraction of sp³-hybridized carbons (Fsp3) is 0.647. The number of hydrogen-bond donors (Lipinski definition) is 1. The minimum Gasteiger partial charge on any atom is -0.507 e. The van der Waals surface area contributed by atoms with Crippen molar-refractivity contribution in [2.75, 3.05) is 0 Å². The number of phenolic OH excluding ortho intramolecular Hbond substituents is 1. The number of benzene rings is 1. The maximum absolute atomic E-state index is 10.1. The molecule has 0 atom stereocenters. The van der Waals surface area contributed by atoms with E-state index in [1.807, 2.05) is 13.0 Å². The molecule has 0 saturated carbocycles. The van der Waals surface area contributed by atoms with Gasteiger partial charge in [-0.3, -0.25) is 0 Å². The average Bonchev–Trinajstić information content (AvgIpc) is 2.19. The van der Waals surface area contributed by atoms with E-state index in [0.717, 1.165) is 29.9 Å². The summed E-state index contributed by atoms with van der Waals surface area (Å²) in [6.07, 6.45) is 3.33. The van der Waals surface area contributed by atoms with E-state index in [9.17, 15) is 5.11 Å². The summed E-state index contributed by atoms with van der Waals surface area (Å²) in [5.74, 6) is 1.22. The SMILES string of the molecule is Cc1cc(C)c(O)c(CCC(C)(C)CC(C)C)c1. The van der Waals surface area contributed by atoms with Gasteiger partial charge in [0.15, 0.2) is 0 Å². The van der Waals surface area contributed by atoms with Gasteiger partial charge >= 0.3 is 0 Å². The molecule has 0 aromatic heterocycles. The minimum atomic E-state index is 0.345. The highest BCUT2D eigenvalue weighted by Crippen LogP contribution is 2.33. The third kappa shape index (κ3) is 4.36. The largest absolute Gasteiger partial charge is 0.507 e. The van der Waals surface area contributed by atoms with Gasteiger partial charge in [0.25, 0.3) is 0 Å². The molecule has 1 rings (SSSR count). The summed E-state index contributed by atoms with van der Waals surface area (Å²) < 4.78 is 0. The third-order valence-electron chi connectivity index (χ3n) is 3.56. The van der Waals surface area contributed by atoms with Crippen molar-refractivity contribution in [3.8, 4) is 5.75 Å². The number of phenols is 1. The van der Waals surface area contributed by atoms with E-state index in [0.29, 0.717) is 11.2 Å². The van der Waals surface area contributed by atoms with Gasteiger partial charge in [0, 0.05) is 0 Å². The van der Waals surface area contributed by atoms with Crippen LogP contribution in [0.2, 0.25) is 0 Å². The molecule has 0 radical (unpaired) electrons. The summed E-state index contributed by atoms with van der Waals surface area (Å²) in [6, 6.07) is 4.16. The van der Waals surface area contributed by atoms with Gasteiger partial charge in [0.05, 0.1) is 0 Å². The first-order valence-corrected chi connectivity index (χ1v) is 7.00. The zero-order chi connectivity index (χ0) is 13.9. The summed E-state index contributed by atoms with van der Waals surface area (Å²) in [5.41, 5.74) is 3.68. The van der Waals surface area contributed by atoms with Gasteiger partial charge in [0.2, 0.25) is 0 Å². The van der Waals surface area contributed by atoms with Crippen LogP contribution in [0, 0.1) is 25.2 Å². The maximum atomic E-state index is 10.1. The standard InChI is InChI=1S/C17H28O/c1-12(2)11-17(5,6)8-7-15-10-13(3)9-14(4)16(15)18/h9-10,12,18H,7-8,11H2,1-6H3. The van der Waals surface area contributed by atoms with E-state index in [1.165, 1.54) is 12.0 Å². The fourth-order valence-electron chi connectivity index (χ4n) is 2.92. The Morgan fingerprint density at radius 1 is 1.17 bits per heavy atom. The third-order valence-corrected chi connectivity index (χ3v) is 3.56. The van der Waals surface area contributed by atoms with Crippen molar-refractivity contribution in [2.24, 2.45) is 11.3 Å². The molecule has 1 heteroatoms. The van der Waals surface area contributed by atoms with E-state index in [-0.39, 0.29) is 0 Å². The predicted octanol–water partition coefficient (Wildman–Crippen LogP) is 5.01. The maximum Gasteiger partial charge on any atom is 0.121 e. The van der Waals surface area contributed by atoms with Crippen LogP contribution in [0.25, 0.3) is 0 Å². The van der Waals surface area contributed by atoms with Gasteiger partial charge < -0.3 is 5.11 Å². The summed E-state index contributed by atoms with van der Waals surface area (Å²) in [7, 11) is 0. The number of aryl methyl sites for hydroxylation is 3. The summed E-state index contributed by atoms with van der Waals surface area (Å²) in [4.78, 5) is 0. The van der Waals surface area contributed by atoms with Crippen molar-refractivity contribution in [1.29, 1.82) is 0 Å². The lowest BCUT2D eigenvalue weighted by Crippen LogP contribution is -2.15. The van der Waals surface area contributed by atoms with Gasteiger partial charge in [-0.2, -0.15) is 0 Å². The van der Waals surface area contributed by atoms with Crippen LogP contribution in [0.4, 0.5) is 0 Å². The molecule has 0 amide bonds. The van der Waals surface area contributed by atoms with Crippen molar-refractivity contribution in [1.82, 2.24) is 0 Å². The Labute approximate surface area is 112 Å². The Balaban J connectivity index is 2.74. The molecule has 0 heterocycles. The molecule has 1 aromatic carbocycles. The van der Waals surface area contributed by atoms with E-state index in [4.69, 9.17) is 0 Å². The molecule has 1 N–H and O–H groups in total. The lowest BCUT2D eigenvalue weighted by Gasteiger charge is -2.27. The van der Waals surface area contributed by atoms with Gasteiger partial charge in [-0.1, -0.05) is 45.4 Å². The van der Waals surface area contributed by atoms with E-state index in [1.54, 1.807) is 0 Å². The zero-order valence-electron chi connectivity index (χ0n) is 12.8. The first-order chi connectivity index (χ1) is 8.21. The molecule has 0 aliphatic carbocycles. The van der Waals surface area contributed by atoms with Gasteiger partial charge in [0.1, 0.15) is 5.75 Å². The number of aromatic hydroxyl groups is 1. The molecule has 1 aromatic rings. The number of rotatable bonds is 5. The molecule has 102 valence electrons. The fourth-order valence-corrected chi connectivity index (χ4v) is 2.92. The minimum absolute atomic E-state index is 0.345. The van der Waals surface area contributed by atoms with Gasteiger partial charge in [-0.05, 0) is 55.6 Å². The summed E-state index contributed by atoms with van der Waals surface area (Å²) in [6.45, 7) is 13.3. The highest BCUT2D eigenvalue weighted by Gasteiger charge is 2.20. The van der Waals surface area contributed by atoms with E-state index < -0.39 is 0 Å². The van der Waals surface area contributed by atoms with Crippen molar-refractivity contribution in [2.45, 2.75) is 60.8 Å². The normalized spacial score (nSPS) is 12.2. The van der Waals surface area contributed by atoms with Crippen LogP contribution in [0.5, 0.6) is 5.75 Å². The van der Waals surface area contributed by atoms with E-state index >= 15 is 0 Å². The molecule has 0 aliphatic heterocycles. The lowest BCUT2D eigenvalue weighted by molar-refractivity contribution is 0.265. The molecule has 0 saturated heterocycles. The second-order valence-electron chi connectivity index (χ2n) is 6.85. The Morgan fingerprint density at radius 3 is 2.33 bits per heavy atom. The van der Waals surface area contributed by atoms with Crippen molar-refractivity contribution < 1.29 is 5.11 Å². The van der Waals surface area contributed by atoms with Crippen molar-refractivity contribution in [3.63, 3.8) is 0 Å². The van der Waals surface area contributed by atoms with Crippen LogP contribution in [-0.2, 0) is 6.42 Å². The molecule has 18 heavy (non-hydrogen) atoms. The molecule has 0 fully saturated rings. The monoisotopic (exact) mass is 248 g/mol. The summed E-state index contributed by atoms with van der Waals surface area (Å²) in [5, 5.41) is 10.1. The second-order valence-corrected chi connectivity index (χ2v) is 6.85. The number of hydrogen-bond acceptors (Lipinski definition) is 1. The zero-order valence-corrected chi connectivity index (χ0v) is 12.8. The molecule has 0 aliphatic rings. The average molecular weight is 248 g/mol. The first kappa shape index (κ1) is 15.1. The predicted molar refractivity (Wildman–Crippen MR) is 79.1 cm³/mol. The first-order valence-electron chi connectivity index (χ1n) is 7.00.